The molecule has 2 atom stereocenters. The van der Waals surface area contributed by atoms with Crippen molar-refractivity contribution >= 4 is 41.0 Å². The van der Waals surface area contributed by atoms with E-state index in [0.29, 0.717) is 4.73 Å². The van der Waals surface area contributed by atoms with E-state index in [1.54, 1.807) is 0 Å². The molecule has 128 valence electrons. The number of nitrogen functional groups attached to an aromatic ring is 1. The van der Waals surface area contributed by atoms with Crippen LogP contribution in [-0.4, -0.2) is 34.4 Å². The summed E-state index contributed by atoms with van der Waals surface area (Å²) >= 11 is 0. The fourth-order valence-corrected chi connectivity index (χ4v) is 4.01. The first-order chi connectivity index (χ1) is 10.5. The molecule has 0 saturated heterocycles. The Labute approximate surface area is 125 Å². The minimum atomic E-state index is -5.38. The minimum Gasteiger partial charge on any atom is -0.369 e. The molecular formula is C5H8N5O10P3. The second kappa shape index (κ2) is 6.15. The third-order valence-electron chi connectivity index (χ3n) is 1.97. The van der Waals surface area contributed by atoms with Gasteiger partial charge < -0.3 is 25.0 Å². The predicted molar refractivity (Wildman–Crippen MR) is 72.2 cm³/mol. The van der Waals surface area contributed by atoms with Gasteiger partial charge in [-0.25, -0.2) is 18.7 Å². The lowest BCUT2D eigenvalue weighted by Crippen LogP contribution is -2.13. The quantitative estimate of drug-likeness (QED) is 0.363. The Hall–Kier alpha value is -1.56. The van der Waals surface area contributed by atoms with Crippen LogP contribution in [0.1, 0.15) is 0 Å². The van der Waals surface area contributed by atoms with E-state index in [2.05, 4.69) is 28.2 Å². The lowest BCUT2D eigenvalue weighted by Gasteiger charge is -2.12. The molecule has 2 aromatic rings. The first-order valence-corrected chi connectivity index (χ1v) is 9.46. The number of imidazole rings is 1. The highest BCUT2D eigenvalue weighted by Gasteiger charge is 2.35. The van der Waals surface area contributed by atoms with Crippen LogP contribution in [0.5, 0.6) is 0 Å². The summed E-state index contributed by atoms with van der Waals surface area (Å²) in [7, 11) is -14.6. The monoisotopic (exact) mass is 391 g/mol. The van der Waals surface area contributed by atoms with E-state index in [1.807, 2.05) is 0 Å². The van der Waals surface area contributed by atoms with Crippen LogP contribution in [0.25, 0.3) is 11.2 Å². The lowest BCUT2D eigenvalue weighted by molar-refractivity contribution is 0.210. The van der Waals surface area contributed by atoms with E-state index < -0.39 is 29.5 Å². The molecule has 18 heteroatoms. The van der Waals surface area contributed by atoms with Gasteiger partial charge in [0.15, 0.2) is 5.52 Å². The SMILES string of the molecule is Nc1nc2c(ncn2O[PH](=O)OP(=O)(O)OP(=O)(O)O)c(=O)[nH]1. The molecule has 0 aliphatic rings. The molecule has 0 aromatic carbocycles. The molecule has 2 aromatic heterocycles. The van der Waals surface area contributed by atoms with Gasteiger partial charge in [-0.15, -0.1) is 4.73 Å². The number of fused-ring (bicyclic) bond motifs is 1. The van der Waals surface area contributed by atoms with Crippen LogP contribution >= 0.6 is 23.9 Å². The number of phosphoric acid groups is 2. The van der Waals surface area contributed by atoms with Gasteiger partial charge in [-0.3, -0.25) is 9.78 Å². The third-order valence-corrected chi connectivity index (χ3v) is 5.51. The maximum Gasteiger partial charge on any atom is 0.488 e. The number of nitrogens with zero attached hydrogens (tertiary/aromatic N) is 3. The molecule has 0 aliphatic carbocycles. The molecule has 0 radical (unpaired) electrons. The van der Waals surface area contributed by atoms with E-state index in [0.717, 1.165) is 6.33 Å². The normalized spacial score (nSPS) is 16.1. The molecule has 0 spiro atoms. The van der Waals surface area contributed by atoms with Crippen molar-refractivity contribution in [2.24, 2.45) is 0 Å². The van der Waals surface area contributed by atoms with E-state index in [9.17, 15) is 18.5 Å². The number of rotatable bonds is 6. The molecule has 15 nitrogen and oxygen atoms in total. The summed E-state index contributed by atoms with van der Waals surface area (Å²) in [4.78, 5) is 46.6. The molecule has 2 rings (SSSR count). The molecule has 0 saturated carbocycles. The van der Waals surface area contributed by atoms with E-state index >= 15 is 0 Å². The molecule has 0 aliphatic heterocycles. The molecule has 2 heterocycles. The Morgan fingerprint density at radius 2 is 2.00 bits per heavy atom. The van der Waals surface area contributed by atoms with Gasteiger partial charge in [-0.2, -0.15) is 13.6 Å². The fraction of sp³-hybridized carbons (Fsp3) is 0. The topological polar surface area (TPSA) is 229 Å². The van der Waals surface area contributed by atoms with Gasteiger partial charge in [0, 0.05) is 0 Å². The van der Waals surface area contributed by atoms with Crippen molar-refractivity contribution in [1.29, 1.82) is 0 Å². The molecule has 0 amide bonds. The van der Waals surface area contributed by atoms with Gasteiger partial charge in [0.1, 0.15) is 6.33 Å². The van der Waals surface area contributed by atoms with Crippen LogP contribution in [0.15, 0.2) is 11.1 Å². The summed E-state index contributed by atoms with van der Waals surface area (Å²) in [5.41, 5.74) is 4.05. The Morgan fingerprint density at radius 1 is 1.35 bits per heavy atom. The van der Waals surface area contributed by atoms with Crippen molar-refractivity contribution in [2.75, 3.05) is 5.73 Å². The molecular weight excluding hydrogens is 383 g/mol. The van der Waals surface area contributed by atoms with E-state index in [4.69, 9.17) is 20.4 Å². The average Bonchev–Trinajstić information content (AvgIpc) is 2.68. The zero-order chi connectivity index (χ0) is 17.4. The van der Waals surface area contributed by atoms with Crippen molar-refractivity contribution in [1.82, 2.24) is 19.7 Å². The summed E-state index contributed by atoms with van der Waals surface area (Å²) in [5.74, 6) is -0.314. The first-order valence-electron chi connectivity index (χ1n) is 5.21. The van der Waals surface area contributed by atoms with Crippen LogP contribution in [0, 0.1) is 0 Å². The smallest absolute Gasteiger partial charge is 0.369 e. The van der Waals surface area contributed by atoms with Crippen molar-refractivity contribution < 1.29 is 41.6 Å². The summed E-state index contributed by atoms with van der Waals surface area (Å²) in [5, 5.41) is 0. The molecule has 6 N–H and O–H groups in total. The second-order valence-electron chi connectivity index (χ2n) is 3.67. The largest absolute Gasteiger partial charge is 0.488 e. The van der Waals surface area contributed by atoms with Gasteiger partial charge in [-0.1, -0.05) is 0 Å². The van der Waals surface area contributed by atoms with Crippen LogP contribution in [0.2, 0.25) is 0 Å². The molecule has 0 fully saturated rings. The zero-order valence-corrected chi connectivity index (χ0v) is 13.4. The first kappa shape index (κ1) is 17.8. The van der Waals surface area contributed by atoms with Crippen LogP contribution in [0.4, 0.5) is 5.95 Å². The average molecular weight is 391 g/mol. The summed E-state index contributed by atoms with van der Waals surface area (Å²) in [6, 6.07) is 0. The van der Waals surface area contributed by atoms with Crippen LogP contribution < -0.4 is 15.9 Å². The summed E-state index contributed by atoms with van der Waals surface area (Å²) in [6.45, 7) is 0. The van der Waals surface area contributed by atoms with Gasteiger partial charge in [-0.05, 0) is 0 Å². The number of H-pyrrole nitrogens is 1. The summed E-state index contributed by atoms with van der Waals surface area (Å²) in [6.07, 6.45) is 0.838. The van der Waals surface area contributed by atoms with Crippen LogP contribution in [-0.2, 0) is 22.3 Å². The van der Waals surface area contributed by atoms with Crippen molar-refractivity contribution in [3.05, 3.63) is 16.7 Å². The number of nitrogens with one attached hydrogen (secondary N) is 1. The predicted octanol–water partition coefficient (Wildman–Crippen LogP) is -1.25. The van der Waals surface area contributed by atoms with Gasteiger partial charge in [0.05, 0.1) is 0 Å². The standard InChI is InChI=1S/C5H8N5O10P3/c6-5-8-3-2(4(11)9-5)7-1-10(3)18-21(12)19-23(16,17)20-22(13,14)15/h1,21H,(H,16,17)(H2,13,14,15)(H3,6,8,9,11). The Balaban J connectivity index is 2.20. The number of anilines is 1. The maximum absolute atomic E-state index is 11.5. The Kier molecular flexibility index (Phi) is 4.76. The van der Waals surface area contributed by atoms with Gasteiger partial charge in [0.25, 0.3) is 5.56 Å². The number of aromatic amines is 1. The third kappa shape index (κ3) is 4.70. The molecule has 0 bridgehead atoms. The Morgan fingerprint density at radius 3 is 2.61 bits per heavy atom. The number of aromatic nitrogens is 4. The van der Waals surface area contributed by atoms with Gasteiger partial charge in [0.2, 0.25) is 11.6 Å². The van der Waals surface area contributed by atoms with Crippen molar-refractivity contribution in [2.45, 2.75) is 0 Å². The van der Waals surface area contributed by atoms with E-state index in [1.165, 1.54) is 0 Å². The number of hydrogen-bond donors (Lipinski definition) is 5. The van der Waals surface area contributed by atoms with Crippen molar-refractivity contribution in [3.8, 4) is 0 Å². The fourth-order valence-electron chi connectivity index (χ4n) is 1.32. The number of nitrogens with two attached hydrogens (primary N) is 1. The maximum atomic E-state index is 11.5. The van der Waals surface area contributed by atoms with Crippen molar-refractivity contribution in [3.63, 3.8) is 0 Å². The molecule has 2 unspecified atom stereocenters. The highest BCUT2D eigenvalue weighted by molar-refractivity contribution is 7.64. The van der Waals surface area contributed by atoms with Gasteiger partial charge >= 0.3 is 23.9 Å². The second-order valence-corrected chi connectivity index (χ2v) is 7.65. The highest BCUT2D eigenvalue weighted by atomic mass is 31.3. The summed E-state index contributed by atoms with van der Waals surface area (Å²) < 4.78 is 45.6. The van der Waals surface area contributed by atoms with E-state index in [-0.39, 0.29) is 17.1 Å². The van der Waals surface area contributed by atoms with Crippen LogP contribution in [0.3, 0.4) is 0 Å². The number of hydrogen-bond acceptors (Lipinski definition) is 10. The molecule has 23 heavy (non-hydrogen) atoms. The zero-order valence-electron chi connectivity index (χ0n) is 10.6. The lowest BCUT2D eigenvalue weighted by atomic mass is 10.5. The minimum absolute atomic E-state index is 0.243. The Bertz CT molecular complexity index is 913. The highest BCUT2D eigenvalue weighted by Crippen LogP contribution is 2.61.